The zero-order valence-electron chi connectivity index (χ0n) is 14.7. The van der Waals surface area contributed by atoms with E-state index in [1.807, 2.05) is 0 Å². The second-order valence-corrected chi connectivity index (χ2v) is 6.10. The quantitative estimate of drug-likeness (QED) is 0.621. The van der Waals surface area contributed by atoms with Crippen molar-refractivity contribution in [1.29, 1.82) is 0 Å². The molecule has 2 unspecified atom stereocenters. The highest BCUT2D eigenvalue weighted by Crippen LogP contribution is 2.18. The summed E-state index contributed by atoms with van der Waals surface area (Å²) in [5, 5.41) is 3.22. The fraction of sp³-hybridized carbons (Fsp3) is 1.00. The molecule has 2 atom stereocenters. The summed E-state index contributed by atoms with van der Waals surface area (Å²) < 4.78 is 0. The molecule has 1 N–H and O–H groups in total. The first-order valence-corrected chi connectivity index (χ1v) is 8.82. The van der Waals surface area contributed by atoms with E-state index < -0.39 is 0 Å². The van der Waals surface area contributed by atoms with E-state index in [1.54, 1.807) is 0 Å². The van der Waals surface area contributed by atoms with Gasteiger partial charge in [-0.05, 0) is 44.2 Å². The zero-order chi connectivity index (χ0) is 14.9. The Morgan fingerprint density at radius 3 is 1.58 bits per heavy atom. The van der Waals surface area contributed by atoms with Gasteiger partial charge in [0, 0.05) is 0 Å². The number of hydrogen-bond acceptors (Lipinski definition) is 1. The Balaban J connectivity index is 0. The van der Waals surface area contributed by atoms with Crippen molar-refractivity contribution < 1.29 is 0 Å². The second kappa shape index (κ2) is 18.0. The van der Waals surface area contributed by atoms with Crippen molar-refractivity contribution >= 4 is 0 Å². The molecule has 1 nitrogen and oxygen atoms in total. The van der Waals surface area contributed by atoms with Gasteiger partial charge in [-0.3, -0.25) is 0 Å². The van der Waals surface area contributed by atoms with Crippen molar-refractivity contribution in [2.75, 3.05) is 13.1 Å². The van der Waals surface area contributed by atoms with Gasteiger partial charge in [-0.1, -0.05) is 73.6 Å². The molecular formula is C18H41N. The van der Waals surface area contributed by atoms with Gasteiger partial charge < -0.3 is 5.32 Å². The van der Waals surface area contributed by atoms with Gasteiger partial charge in [-0.15, -0.1) is 0 Å². The third kappa shape index (κ3) is 20.4. The van der Waals surface area contributed by atoms with E-state index in [0.717, 1.165) is 11.8 Å². The van der Waals surface area contributed by atoms with E-state index in [-0.39, 0.29) is 0 Å². The Morgan fingerprint density at radius 1 is 0.789 bits per heavy atom. The summed E-state index contributed by atoms with van der Waals surface area (Å²) in [6.45, 7) is 16.1. The lowest BCUT2D eigenvalue weighted by Crippen LogP contribution is -2.03. The van der Waals surface area contributed by atoms with E-state index in [1.165, 1.54) is 64.5 Å². The standard InChI is InChI=1S/C10H22.C4H9N.C4H10/c1-5-7-10(4)8-9(3)6-2;1-2-4-5-3-1;1-3-4-2/h9-10H,5-8H2,1-4H3;5H,1-4H2;3-4H2,1-2H3. The van der Waals surface area contributed by atoms with Crippen LogP contribution in [0, 0.1) is 11.8 Å². The lowest BCUT2D eigenvalue weighted by molar-refractivity contribution is 0.384. The summed E-state index contributed by atoms with van der Waals surface area (Å²) in [7, 11) is 0. The van der Waals surface area contributed by atoms with Crippen LogP contribution in [0.4, 0.5) is 0 Å². The SMILES string of the molecule is C1CCNC1.CCCC.CCCC(C)CC(C)CC. The summed E-state index contributed by atoms with van der Waals surface area (Å²) in [6.07, 6.45) is 10.9. The van der Waals surface area contributed by atoms with Gasteiger partial charge in [-0.25, -0.2) is 0 Å². The summed E-state index contributed by atoms with van der Waals surface area (Å²) in [6, 6.07) is 0. The number of nitrogens with one attached hydrogen (secondary N) is 1. The molecule has 118 valence electrons. The van der Waals surface area contributed by atoms with Gasteiger partial charge >= 0.3 is 0 Å². The topological polar surface area (TPSA) is 12.0 Å². The third-order valence-corrected chi connectivity index (χ3v) is 3.74. The Bertz CT molecular complexity index is 131. The van der Waals surface area contributed by atoms with E-state index >= 15 is 0 Å². The molecule has 1 aliphatic heterocycles. The third-order valence-electron chi connectivity index (χ3n) is 3.74. The van der Waals surface area contributed by atoms with Crippen LogP contribution in [-0.2, 0) is 0 Å². The van der Waals surface area contributed by atoms with Crippen molar-refractivity contribution in [1.82, 2.24) is 5.32 Å². The minimum atomic E-state index is 0.932. The van der Waals surface area contributed by atoms with Crippen LogP contribution in [0.15, 0.2) is 0 Å². The highest BCUT2D eigenvalue weighted by atomic mass is 14.9. The van der Waals surface area contributed by atoms with Gasteiger partial charge in [0.15, 0.2) is 0 Å². The van der Waals surface area contributed by atoms with E-state index in [4.69, 9.17) is 0 Å². The Morgan fingerprint density at radius 2 is 1.32 bits per heavy atom. The molecule has 0 aliphatic carbocycles. The number of unbranched alkanes of at least 4 members (excludes halogenated alkanes) is 1. The van der Waals surface area contributed by atoms with Crippen molar-refractivity contribution in [3.05, 3.63) is 0 Å². The summed E-state index contributed by atoms with van der Waals surface area (Å²) in [5.74, 6) is 1.88. The number of hydrogen-bond donors (Lipinski definition) is 1. The van der Waals surface area contributed by atoms with Crippen LogP contribution in [0.1, 0.15) is 92.9 Å². The molecule has 1 aliphatic rings. The smallest absolute Gasteiger partial charge is 0.00484 e. The average Bonchev–Trinajstić information content (AvgIpc) is 2.98. The minimum absolute atomic E-state index is 0.932. The first kappa shape index (κ1) is 21.3. The van der Waals surface area contributed by atoms with Crippen LogP contribution in [0.2, 0.25) is 0 Å². The van der Waals surface area contributed by atoms with Crippen LogP contribution in [-0.4, -0.2) is 13.1 Å². The van der Waals surface area contributed by atoms with Gasteiger partial charge in [0.25, 0.3) is 0 Å². The van der Waals surface area contributed by atoms with Crippen molar-refractivity contribution in [3.8, 4) is 0 Å². The molecule has 0 aromatic carbocycles. The largest absolute Gasteiger partial charge is 0.317 e. The Kier molecular flexibility index (Phi) is 20.1. The highest BCUT2D eigenvalue weighted by Gasteiger charge is 2.04. The molecule has 0 bridgehead atoms. The van der Waals surface area contributed by atoms with Gasteiger partial charge in [0.1, 0.15) is 0 Å². The molecule has 0 spiro atoms. The molecule has 0 radical (unpaired) electrons. The maximum Gasteiger partial charge on any atom is -0.00484 e. The molecule has 19 heavy (non-hydrogen) atoms. The molecule has 1 saturated heterocycles. The Labute approximate surface area is 123 Å². The molecule has 0 aromatic heterocycles. The monoisotopic (exact) mass is 271 g/mol. The molecule has 1 heterocycles. The molecule has 0 aromatic rings. The summed E-state index contributed by atoms with van der Waals surface area (Å²) in [4.78, 5) is 0. The van der Waals surface area contributed by atoms with Crippen molar-refractivity contribution in [2.45, 2.75) is 92.9 Å². The normalized spacial score (nSPS) is 16.7. The minimum Gasteiger partial charge on any atom is -0.317 e. The van der Waals surface area contributed by atoms with Gasteiger partial charge in [-0.2, -0.15) is 0 Å². The lowest BCUT2D eigenvalue weighted by Gasteiger charge is -2.14. The molecule has 0 saturated carbocycles. The molecule has 0 amide bonds. The lowest BCUT2D eigenvalue weighted by atomic mass is 9.92. The van der Waals surface area contributed by atoms with Crippen LogP contribution in [0.3, 0.4) is 0 Å². The molecular weight excluding hydrogens is 230 g/mol. The van der Waals surface area contributed by atoms with E-state index in [0.29, 0.717) is 0 Å². The Hall–Kier alpha value is -0.0400. The number of rotatable bonds is 6. The molecule has 1 heteroatoms. The van der Waals surface area contributed by atoms with Crippen molar-refractivity contribution in [2.24, 2.45) is 11.8 Å². The molecule has 1 fully saturated rings. The zero-order valence-corrected chi connectivity index (χ0v) is 14.7. The summed E-state index contributed by atoms with van der Waals surface area (Å²) in [5.41, 5.74) is 0. The van der Waals surface area contributed by atoms with Crippen LogP contribution >= 0.6 is 0 Å². The van der Waals surface area contributed by atoms with Crippen LogP contribution < -0.4 is 5.32 Å². The summed E-state index contributed by atoms with van der Waals surface area (Å²) >= 11 is 0. The maximum absolute atomic E-state index is 3.22. The molecule has 1 rings (SSSR count). The second-order valence-electron chi connectivity index (χ2n) is 6.10. The van der Waals surface area contributed by atoms with E-state index in [2.05, 4.69) is 46.9 Å². The maximum atomic E-state index is 3.22. The predicted octanol–water partition coefficient (Wildman–Crippen LogP) is 6.04. The first-order valence-electron chi connectivity index (χ1n) is 8.82. The average molecular weight is 272 g/mol. The van der Waals surface area contributed by atoms with E-state index in [9.17, 15) is 0 Å². The van der Waals surface area contributed by atoms with Gasteiger partial charge in [0.05, 0.1) is 0 Å². The fourth-order valence-electron chi connectivity index (χ4n) is 2.09. The first-order chi connectivity index (χ1) is 9.12. The van der Waals surface area contributed by atoms with Crippen LogP contribution in [0.5, 0.6) is 0 Å². The van der Waals surface area contributed by atoms with Gasteiger partial charge in [0.2, 0.25) is 0 Å². The van der Waals surface area contributed by atoms with Crippen LogP contribution in [0.25, 0.3) is 0 Å². The van der Waals surface area contributed by atoms with Crippen molar-refractivity contribution in [3.63, 3.8) is 0 Å². The predicted molar refractivity (Wildman–Crippen MR) is 90.8 cm³/mol. The highest BCUT2D eigenvalue weighted by molar-refractivity contribution is 4.57. The fourth-order valence-corrected chi connectivity index (χ4v) is 2.09.